The van der Waals surface area contributed by atoms with Crippen molar-refractivity contribution in [3.63, 3.8) is 0 Å². The van der Waals surface area contributed by atoms with E-state index in [0.717, 1.165) is 24.7 Å². The normalized spacial score (nSPS) is 18.4. The minimum Gasteiger partial charge on any atom is -0.477 e. The van der Waals surface area contributed by atoms with Gasteiger partial charge < -0.3 is 14.0 Å². The molecule has 0 amide bonds. The van der Waals surface area contributed by atoms with Crippen LogP contribution in [0.3, 0.4) is 0 Å². The maximum atomic E-state index is 14.3. The van der Waals surface area contributed by atoms with Gasteiger partial charge >= 0.3 is 0 Å². The van der Waals surface area contributed by atoms with Crippen molar-refractivity contribution in [1.29, 1.82) is 0 Å². The van der Waals surface area contributed by atoms with E-state index in [-0.39, 0.29) is 28.1 Å². The summed E-state index contributed by atoms with van der Waals surface area (Å²) in [5, 5.41) is 8.37. The summed E-state index contributed by atoms with van der Waals surface area (Å²) < 4.78 is 80.6. The summed E-state index contributed by atoms with van der Waals surface area (Å²) >= 11 is 0. The molecule has 10 nitrogen and oxygen atoms in total. The summed E-state index contributed by atoms with van der Waals surface area (Å²) in [4.78, 5) is 9.35. The van der Waals surface area contributed by atoms with Crippen LogP contribution in [0, 0.1) is 24.5 Å². The molecule has 1 atom stereocenters. The standard InChI is InChI=1S/C31H33FN6O4S/c1-18-28(37(2)36-35-18)22-14-24-27(33-15-22)26-30(25(43(3,39)40)16-34-31(26)42-17-19-4-5-19)38(24)29(21-10-12-41-13-11-21)20-6-8-23(32)9-7-20/h6-9,14-16,19,21,29H,4-5,10-13,17H2,1-3H3/t29-/m1/s1/i1D3. The maximum absolute atomic E-state index is 14.3. The zero-order valence-electron chi connectivity index (χ0n) is 26.8. The largest absolute Gasteiger partial charge is 0.477 e. The Hall–Kier alpha value is -3.90. The second kappa shape index (κ2) is 10.7. The first-order valence-corrected chi connectivity index (χ1v) is 16.2. The Balaban J connectivity index is 1.60. The number of fused-ring (bicyclic) bond motifs is 3. The van der Waals surface area contributed by atoms with Gasteiger partial charge in [-0.25, -0.2) is 22.5 Å². The molecule has 43 heavy (non-hydrogen) atoms. The Labute approximate surface area is 253 Å². The lowest BCUT2D eigenvalue weighted by Gasteiger charge is -2.33. The van der Waals surface area contributed by atoms with Gasteiger partial charge in [0.15, 0.2) is 9.84 Å². The molecule has 1 saturated heterocycles. The maximum Gasteiger partial charge on any atom is 0.225 e. The van der Waals surface area contributed by atoms with E-state index in [1.807, 2.05) is 4.57 Å². The first-order chi connectivity index (χ1) is 21.9. The fourth-order valence-corrected chi connectivity index (χ4v) is 6.95. The van der Waals surface area contributed by atoms with Gasteiger partial charge in [0.05, 0.1) is 46.7 Å². The summed E-state index contributed by atoms with van der Waals surface area (Å²) in [7, 11) is -2.22. The minimum absolute atomic E-state index is 0.00498. The molecular weight excluding hydrogens is 571 g/mol. The van der Waals surface area contributed by atoms with E-state index in [9.17, 15) is 12.8 Å². The van der Waals surface area contributed by atoms with Gasteiger partial charge in [0, 0.05) is 42.4 Å². The van der Waals surface area contributed by atoms with Crippen molar-refractivity contribution in [2.45, 2.75) is 43.5 Å². The van der Waals surface area contributed by atoms with Gasteiger partial charge in [-0.3, -0.25) is 4.98 Å². The van der Waals surface area contributed by atoms with Gasteiger partial charge in [0.2, 0.25) is 5.88 Å². The number of aromatic nitrogens is 6. The highest BCUT2D eigenvalue weighted by molar-refractivity contribution is 7.91. The molecule has 1 aliphatic carbocycles. The third-order valence-electron chi connectivity index (χ3n) is 8.44. The average molecular weight is 608 g/mol. The number of nitrogens with zero attached hydrogens (tertiary/aromatic N) is 6. The molecule has 0 bridgehead atoms. The van der Waals surface area contributed by atoms with Crippen molar-refractivity contribution in [2.24, 2.45) is 18.9 Å². The second-order valence-electron chi connectivity index (χ2n) is 11.5. The fraction of sp³-hybridized carbons (Fsp3) is 0.419. The van der Waals surface area contributed by atoms with E-state index in [1.165, 1.54) is 23.0 Å². The molecule has 0 spiro atoms. The molecule has 0 unspecified atom stereocenters. The van der Waals surface area contributed by atoms with Crippen molar-refractivity contribution >= 4 is 31.8 Å². The lowest BCUT2D eigenvalue weighted by Crippen LogP contribution is -2.27. The van der Waals surface area contributed by atoms with Crippen molar-refractivity contribution in [2.75, 3.05) is 26.1 Å². The van der Waals surface area contributed by atoms with E-state index < -0.39 is 28.5 Å². The van der Waals surface area contributed by atoms with E-state index in [4.69, 9.17) is 18.6 Å². The topological polar surface area (TPSA) is 114 Å². The van der Waals surface area contributed by atoms with Crippen LogP contribution in [0.2, 0.25) is 0 Å². The molecule has 224 valence electrons. The number of halogens is 1. The molecule has 5 aromatic rings. The van der Waals surface area contributed by atoms with Gasteiger partial charge in [-0.2, -0.15) is 0 Å². The Kier molecular flexibility index (Phi) is 6.09. The number of sulfone groups is 1. The van der Waals surface area contributed by atoms with E-state index in [1.54, 1.807) is 31.4 Å². The lowest BCUT2D eigenvalue weighted by atomic mass is 9.86. The van der Waals surface area contributed by atoms with Gasteiger partial charge in [-0.1, -0.05) is 17.3 Å². The van der Waals surface area contributed by atoms with Gasteiger partial charge in [0.25, 0.3) is 0 Å². The van der Waals surface area contributed by atoms with Crippen LogP contribution in [-0.4, -0.2) is 64.0 Å². The van der Waals surface area contributed by atoms with E-state index in [0.29, 0.717) is 66.1 Å². The van der Waals surface area contributed by atoms with E-state index >= 15 is 0 Å². The highest BCUT2D eigenvalue weighted by Gasteiger charge is 2.34. The molecular formula is C31H33FN6O4S. The van der Waals surface area contributed by atoms with Crippen LogP contribution in [0.5, 0.6) is 5.88 Å². The minimum atomic E-state index is -3.82. The highest BCUT2D eigenvalue weighted by atomic mass is 32.2. The molecule has 12 heteroatoms. The molecule has 0 radical (unpaired) electrons. The predicted octanol–water partition coefficient (Wildman–Crippen LogP) is 5.04. The molecule has 4 aromatic heterocycles. The number of aryl methyl sites for hydroxylation is 2. The highest BCUT2D eigenvalue weighted by Crippen LogP contribution is 2.45. The quantitative estimate of drug-likeness (QED) is 0.241. The monoisotopic (exact) mass is 607 g/mol. The molecule has 2 fully saturated rings. The first-order valence-electron chi connectivity index (χ1n) is 15.8. The molecule has 7 rings (SSSR count). The van der Waals surface area contributed by atoms with Gasteiger partial charge in [-0.05, 0) is 68.1 Å². The van der Waals surface area contributed by atoms with Crippen LogP contribution in [-0.2, 0) is 21.6 Å². The van der Waals surface area contributed by atoms with Crippen LogP contribution in [0.4, 0.5) is 4.39 Å². The van der Waals surface area contributed by atoms with Crippen molar-refractivity contribution in [1.82, 2.24) is 29.5 Å². The SMILES string of the molecule is [2H]C([2H])([2H])c1nnn(C)c1-c1cnc2c3c(OCC4CC4)ncc(S(C)(=O)=O)c3n([C@H](c3ccc(F)cc3)C3CCOCC3)c2c1. The molecule has 5 heterocycles. The second-order valence-corrected chi connectivity index (χ2v) is 13.5. The average Bonchev–Trinajstić information content (AvgIpc) is 3.68. The number of ether oxygens (including phenoxy) is 2. The number of benzene rings is 1. The molecule has 1 saturated carbocycles. The van der Waals surface area contributed by atoms with Crippen molar-refractivity contribution < 1.29 is 26.4 Å². The van der Waals surface area contributed by atoms with Crippen LogP contribution in [0.1, 0.15) is 47.1 Å². The van der Waals surface area contributed by atoms with Crippen LogP contribution >= 0.6 is 0 Å². The summed E-state index contributed by atoms with van der Waals surface area (Å²) in [5.74, 6) is 0.269. The van der Waals surface area contributed by atoms with Crippen molar-refractivity contribution in [3.05, 3.63) is 59.8 Å². The summed E-state index contributed by atoms with van der Waals surface area (Å²) in [6.45, 7) is -1.07. The number of rotatable bonds is 8. The zero-order chi connectivity index (χ0) is 32.4. The zero-order valence-corrected chi connectivity index (χ0v) is 24.6. The smallest absolute Gasteiger partial charge is 0.225 e. The Morgan fingerprint density at radius 3 is 2.60 bits per heavy atom. The van der Waals surface area contributed by atoms with Gasteiger partial charge in [-0.15, -0.1) is 5.10 Å². The third kappa shape index (κ3) is 5.06. The summed E-state index contributed by atoms with van der Waals surface area (Å²) in [5.41, 5.74) is 2.68. The Morgan fingerprint density at radius 2 is 1.91 bits per heavy atom. The van der Waals surface area contributed by atoms with Gasteiger partial charge in [0.1, 0.15) is 16.2 Å². The van der Waals surface area contributed by atoms with E-state index in [2.05, 4.69) is 15.3 Å². The first kappa shape index (κ1) is 24.5. The predicted molar refractivity (Wildman–Crippen MR) is 159 cm³/mol. The molecule has 1 aliphatic heterocycles. The van der Waals surface area contributed by atoms with Crippen molar-refractivity contribution in [3.8, 4) is 17.1 Å². The Morgan fingerprint density at radius 1 is 1.14 bits per heavy atom. The number of hydrogen-bond donors (Lipinski definition) is 0. The summed E-state index contributed by atoms with van der Waals surface area (Å²) in [6, 6.07) is 7.55. The lowest BCUT2D eigenvalue weighted by molar-refractivity contribution is 0.0552. The summed E-state index contributed by atoms with van der Waals surface area (Å²) in [6.07, 6.45) is 7.47. The van der Waals surface area contributed by atoms with Crippen LogP contribution < -0.4 is 4.74 Å². The third-order valence-corrected chi connectivity index (χ3v) is 9.54. The number of pyridine rings is 2. The molecule has 2 aliphatic rings. The molecule has 0 N–H and O–H groups in total. The Bertz CT molecular complexity index is 2050. The molecule has 1 aromatic carbocycles. The fourth-order valence-electron chi connectivity index (χ4n) is 6.15. The number of hydrogen-bond acceptors (Lipinski definition) is 8. The van der Waals surface area contributed by atoms with Crippen LogP contribution in [0.15, 0.2) is 47.6 Å². The van der Waals surface area contributed by atoms with Crippen LogP contribution in [0.25, 0.3) is 33.2 Å².